The third-order valence-electron chi connectivity index (χ3n) is 2.06. The van der Waals surface area contributed by atoms with E-state index in [9.17, 15) is 8.42 Å². The first-order valence-electron chi connectivity index (χ1n) is 4.33. The van der Waals surface area contributed by atoms with E-state index in [2.05, 4.69) is 5.10 Å². The maximum atomic E-state index is 11.6. The van der Waals surface area contributed by atoms with Gasteiger partial charge in [0.05, 0.1) is 16.7 Å². The Balaban J connectivity index is 2.95. The molecule has 80 valence electrons. The zero-order valence-corrected chi connectivity index (χ0v) is 9.37. The Kier molecular flexibility index (Phi) is 2.84. The molecule has 1 aromatic heterocycles. The van der Waals surface area contributed by atoms with Crippen molar-refractivity contribution in [2.75, 3.05) is 5.73 Å². The minimum Gasteiger partial charge on any atom is -0.382 e. The zero-order valence-electron chi connectivity index (χ0n) is 8.56. The molecule has 1 heterocycles. The van der Waals surface area contributed by atoms with Gasteiger partial charge < -0.3 is 5.73 Å². The first kappa shape index (κ1) is 11.0. The van der Waals surface area contributed by atoms with Crippen molar-refractivity contribution in [3.63, 3.8) is 0 Å². The van der Waals surface area contributed by atoms with Crippen LogP contribution in [0.5, 0.6) is 0 Å². The predicted octanol–water partition coefficient (Wildman–Crippen LogP) is 0.326. The molecule has 5 nitrogen and oxygen atoms in total. The van der Waals surface area contributed by atoms with Gasteiger partial charge in [-0.2, -0.15) is 5.10 Å². The summed E-state index contributed by atoms with van der Waals surface area (Å²) in [6.07, 6.45) is 0. The highest BCUT2D eigenvalue weighted by atomic mass is 32.2. The van der Waals surface area contributed by atoms with E-state index in [1.54, 1.807) is 27.0 Å². The van der Waals surface area contributed by atoms with E-state index in [4.69, 9.17) is 5.73 Å². The van der Waals surface area contributed by atoms with Crippen LogP contribution in [-0.2, 0) is 22.6 Å². The van der Waals surface area contributed by atoms with Crippen molar-refractivity contribution >= 4 is 15.7 Å². The number of anilines is 1. The molecule has 0 atom stereocenters. The summed E-state index contributed by atoms with van der Waals surface area (Å²) in [7, 11) is -1.39. The van der Waals surface area contributed by atoms with Gasteiger partial charge in [0, 0.05) is 13.1 Å². The fraction of sp³-hybridized carbons (Fsp3) is 0.625. The van der Waals surface area contributed by atoms with E-state index in [1.165, 1.54) is 4.68 Å². The molecule has 0 unspecified atom stereocenters. The van der Waals surface area contributed by atoms with Gasteiger partial charge in [-0.05, 0) is 13.8 Å². The lowest BCUT2D eigenvalue weighted by Crippen LogP contribution is -2.17. The molecule has 0 fully saturated rings. The molecule has 0 amide bonds. The number of sulfone groups is 1. The van der Waals surface area contributed by atoms with Gasteiger partial charge in [0.15, 0.2) is 9.84 Å². The van der Waals surface area contributed by atoms with Gasteiger partial charge in [0.2, 0.25) is 0 Å². The number of nitrogens with two attached hydrogens (primary N) is 1. The van der Waals surface area contributed by atoms with Crippen molar-refractivity contribution in [2.45, 2.75) is 24.9 Å². The highest BCUT2D eigenvalue weighted by molar-refractivity contribution is 7.91. The molecule has 0 radical (unpaired) electrons. The van der Waals surface area contributed by atoms with E-state index in [0.717, 1.165) is 0 Å². The molecule has 0 saturated carbocycles. The van der Waals surface area contributed by atoms with Gasteiger partial charge in [0.25, 0.3) is 0 Å². The second kappa shape index (κ2) is 3.61. The van der Waals surface area contributed by atoms with Gasteiger partial charge in [-0.3, -0.25) is 4.68 Å². The molecule has 0 spiro atoms. The van der Waals surface area contributed by atoms with Gasteiger partial charge in [-0.25, -0.2) is 8.42 Å². The monoisotopic (exact) mass is 217 g/mol. The molecule has 14 heavy (non-hydrogen) atoms. The molecule has 0 aliphatic carbocycles. The fourth-order valence-corrected chi connectivity index (χ4v) is 2.05. The SMILES string of the molecule is CC(C)S(=O)(=O)Cc1cc(N)nn1C. The summed E-state index contributed by atoms with van der Waals surface area (Å²) >= 11 is 0. The summed E-state index contributed by atoms with van der Waals surface area (Å²) in [6, 6.07) is 1.58. The standard InChI is InChI=1S/C8H15N3O2S/c1-6(2)14(12,13)5-7-4-8(9)10-11(7)3/h4,6H,5H2,1-3H3,(H2,9,10). The van der Waals surface area contributed by atoms with Crippen molar-refractivity contribution in [3.05, 3.63) is 11.8 Å². The molecule has 2 N–H and O–H groups in total. The van der Waals surface area contributed by atoms with E-state index in [0.29, 0.717) is 11.5 Å². The largest absolute Gasteiger partial charge is 0.382 e. The normalized spacial score (nSPS) is 12.3. The van der Waals surface area contributed by atoms with E-state index in [1.807, 2.05) is 0 Å². The molecule has 1 aromatic rings. The van der Waals surface area contributed by atoms with Crippen molar-refractivity contribution in [1.29, 1.82) is 0 Å². The van der Waals surface area contributed by atoms with Crippen LogP contribution in [0.25, 0.3) is 0 Å². The molecule has 1 rings (SSSR count). The van der Waals surface area contributed by atoms with Crippen LogP contribution < -0.4 is 5.73 Å². The number of nitrogens with zero attached hydrogens (tertiary/aromatic N) is 2. The number of rotatable bonds is 3. The average Bonchev–Trinajstić information content (AvgIpc) is 2.29. The van der Waals surface area contributed by atoms with Gasteiger partial charge in [-0.15, -0.1) is 0 Å². The van der Waals surface area contributed by atoms with Crippen LogP contribution in [0, 0.1) is 0 Å². The molecule has 0 bridgehead atoms. The van der Waals surface area contributed by atoms with Crippen LogP contribution >= 0.6 is 0 Å². The summed E-state index contributed by atoms with van der Waals surface area (Å²) in [4.78, 5) is 0. The Morgan fingerprint density at radius 3 is 2.50 bits per heavy atom. The lowest BCUT2D eigenvalue weighted by molar-refractivity contribution is 0.583. The van der Waals surface area contributed by atoms with Crippen LogP contribution in [-0.4, -0.2) is 23.4 Å². The Morgan fingerprint density at radius 2 is 2.14 bits per heavy atom. The predicted molar refractivity (Wildman–Crippen MR) is 55.4 cm³/mol. The summed E-state index contributed by atoms with van der Waals surface area (Å²) in [5.74, 6) is 0.340. The van der Waals surface area contributed by atoms with Gasteiger partial charge in [0.1, 0.15) is 5.82 Å². The summed E-state index contributed by atoms with van der Waals surface area (Å²) in [6.45, 7) is 3.32. The molecule has 0 aliphatic rings. The Morgan fingerprint density at radius 1 is 1.57 bits per heavy atom. The topological polar surface area (TPSA) is 78.0 Å². The van der Waals surface area contributed by atoms with Crippen LogP contribution in [0.15, 0.2) is 6.07 Å². The first-order chi connectivity index (χ1) is 6.33. The van der Waals surface area contributed by atoms with E-state index < -0.39 is 9.84 Å². The first-order valence-corrected chi connectivity index (χ1v) is 6.04. The van der Waals surface area contributed by atoms with Crippen molar-refractivity contribution in [3.8, 4) is 0 Å². The highest BCUT2D eigenvalue weighted by Crippen LogP contribution is 2.12. The molecule has 6 heteroatoms. The second-order valence-corrected chi connectivity index (χ2v) is 6.10. The maximum absolute atomic E-state index is 11.6. The van der Waals surface area contributed by atoms with Crippen molar-refractivity contribution < 1.29 is 8.42 Å². The highest BCUT2D eigenvalue weighted by Gasteiger charge is 2.19. The van der Waals surface area contributed by atoms with Gasteiger partial charge >= 0.3 is 0 Å². The van der Waals surface area contributed by atoms with Crippen LogP contribution in [0.3, 0.4) is 0 Å². The zero-order chi connectivity index (χ0) is 10.9. The van der Waals surface area contributed by atoms with Crippen molar-refractivity contribution in [2.24, 2.45) is 7.05 Å². The van der Waals surface area contributed by atoms with E-state index in [-0.39, 0.29) is 11.0 Å². The number of nitrogen functional groups attached to an aromatic ring is 1. The van der Waals surface area contributed by atoms with Crippen LogP contribution in [0.1, 0.15) is 19.5 Å². The van der Waals surface area contributed by atoms with Gasteiger partial charge in [-0.1, -0.05) is 0 Å². The Hall–Kier alpha value is -1.04. The number of hydrogen-bond acceptors (Lipinski definition) is 4. The average molecular weight is 217 g/mol. The lowest BCUT2D eigenvalue weighted by atomic mass is 10.5. The molecule has 0 aromatic carbocycles. The lowest BCUT2D eigenvalue weighted by Gasteiger charge is -2.06. The van der Waals surface area contributed by atoms with Crippen molar-refractivity contribution in [1.82, 2.24) is 9.78 Å². The fourth-order valence-electron chi connectivity index (χ4n) is 1.04. The third kappa shape index (κ3) is 2.25. The Bertz CT molecular complexity index is 420. The second-order valence-electron chi connectivity index (χ2n) is 3.54. The maximum Gasteiger partial charge on any atom is 0.158 e. The summed E-state index contributed by atoms with van der Waals surface area (Å²) in [5, 5.41) is 3.51. The quantitative estimate of drug-likeness (QED) is 0.791. The smallest absolute Gasteiger partial charge is 0.158 e. The third-order valence-corrected chi connectivity index (χ3v) is 4.20. The van der Waals surface area contributed by atoms with Crippen LogP contribution in [0.4, 0.5) is 5.82 Å². The number of hydrogen-bond donors (Lipinski definition) is 1. The number of aryl methyl sites for hydroxylation is 1. The number of aromatic nitrogens is 2. The minimum absolute atomic E-state index is 0.00856. The molecular weight excluding hydrogens is 202 g/mol. The molecule has 0 saturated heterocycles. The minimum atomic E-state index is -3.08. The summed E-state index contributed by atoms with van der Waals surface area (Å²) < 4.78 is 24.7. The van der Waals surface area contributed by atoms with Crippen LogP contribution in [0.2, 0.25) is 0 Å². The molecule has 0 aliphatic heterocycles. The Labute approximate surface area is 83.8 Å². The van der Waals surface area contributed by atoms with E-state index >= 15 is 0 Å². The molecular formula is C8H15N3O2S. The summed E-state index contributed by atoms with van der Waals surface area (Å²) in [5.41, 5.74) is 6.07.